The van der Waals surface area contributed by atoms with Gasteiger partial charge in [-0.3, -0.25) is 0 Å². The van der Waals surface area contributed by atoms with E-state index >= 15 is 0 Å². The van der Waals surface area contributed by atoms with Gasteiger partial charge in [0.2, 0.25) is 0 Å². The molecule has 1 fully saturated rings. The maximum absolute atomic E-state index is 3.56. The average molecular weight is 265 g/mol. The van der Waals surface area contributed by atoms with Crippen LogP contribution >= 0.6 is 15.9 Å². The van der Waals surface area contributed by atoms with Gasteiger partial charge in [0.25, 0.3) is 0 Å². The first-order valence-electron chi connectivity index (χ1n) is 5.32. The largest absolute Gasteiger partial charge is 0.360 e. The van der Waals surface area contributed by atoms with Crippen LogP contribution in [0.1, 0.15) is 17.9 Å². The van der Waals surface area contributed by atoms with Gasteiger partial charge in [-0.15, -0.1) is 0 Å². The van der Waals surface area contributed by atoms with E-state index in [0.717, 1.165) is 17.6 Å². The summed E-state index contributed by atoms with van der Waals surface area (Å²) < 4.78 is 1.16. The lowest BCUT2D eigenvalue weighted by atomic mass is 9.96. The number of halogens is 1. The van der Waals surface area contributed by atoms with Gasteiger partial charge >= 0.3 is 0 Å². The standard InChI is InChI=1S/C12H13BrN2/c13-11-7-15-12-9(2-1-3-10(11)12)8-4-5-14-6-8/h1-3,7-8,14-15H,4-6H2. The zero-order chi connectivity index (χ0) is 10.3. The summed E-state index contributed by atoms with van der Waals surface area (Å²) in [7, 11) is 0. The molecule has 1 aliphatic heterocycles. The summed E-state index contributed by atoms with van der Waals surface area (Å²) >= 11 is 3.56. The van der Waals surface area contributed by atoms with Crippen molar-refractivity contribution in [1.29, 1.82) is 0 Å². The second kappa shape index (κ2) is 3.65. The number of benzene rings is 1. The molecule has 2 aromatic rings. The Morgan fingerprint density at radius 1 is 1.33 bits per heavy atom. The highest BCUT2D eigenvalue weighted by molar-refractivity contribution is 9.10. The fraction of sp³-hybridized carbons (Fsp3) is 0.333. The second-order valence-corrected chi connectivity index (χ2v) is 4.95. The molecule has 0 amide bonds. The van der Waals surface area contributed by atoms with Crippen molar-refractivity contribution in [1.82, 2.24) is 10.3 Å². The van der Waals surface area contributed by atoms with Crippen LogP contribution in [0.15, 0.2) is 28.9 Å². The highest BCUT2D eigenvalue weighted by atomic mass is 79.9. The van der Waals surface area contributed by atoms with Crippen LogP contribution < -0.4 is 5.32 Å². The number of hydrogen-bond acceptors (Lipinski definition) is 1. The third-order valence-electron chi connectivity index (χ3n) is 3.20. The summed E-state index contributed by atoms with van der Waals surface area (Å²) in [6, 6.07) is 6.54. The predicted octanol–water partition coefficient (Wildman–Crippen LogP) is 3.01. The Labute approximate surface area is 97.2 Å². The van der Waals surface area contributed by atoms with E-state index in [0.29, 0.717) is 5.92 Å². The van der Waals surface area contributed by atoms with Crippen molar-refractivity contribution in [3.63, 3.8) is 0 Å². The zero-order valence-electron chi connectivity index (χ0n) is 8.39. The van der Waals surface area contributed by atoms with Crippen molar-refractivity contribution in [2.75, 3.05) is 13.1 Å². The molecule has 3 rings (SSSR count). The number of fused-ring (bicyclic) bond motifs is 1. The first kappa shape index (κ1) is 9.43. The summed E-state index contributed by atoms with van der Waals surface area (Å²) in [5.74, 6) is 0.666. The first-order valence-corrected chi connectivity index (χ1v) is 6.12. The third kappa shape index (κ3) is 1.50. The SMILES string of the molecule is Brc1c[nH]c2c(C3CCNC3)cccc12. The summed E-state index contributed by atoms with van der Waals surface area (Å²) in [5, 5.41) is 4.71. The van der Waals surface area contributed by atoms with Gasteiger partial charge in [0, 0.05) is 22.6 Å². The van der Waals surface area contributed by atoms with Gasteiger partial charge in [-0.25, -0.2) is 0 Å². The summed E-state index contributed by atoms with van der Waals surface area (Å²) in [4.78, 5) is 3.36. The smallest absolute Gasteiger partial charge is 0.0501 e. The van der Waals surface area contributed by atoms with Gasteiger partial charge in [-0.2, -0.15) is 0 Å². The van der Waals surface area contributed by atoms with Gasteiger partial charge in [0.05, 0.1) is 5.52 Å². The lowest BCUT2D eigenvalue weighted by Crippen LogP contribution is -2.08. The molecular formula is C12H13BrN2. The van der Waals surface area contributed by atoms with Crippen LogP contribution in [0.4, 0.5) is 0 Å². The minimum Gasteiger partial charge on any atom is -0.360 e. The van der Waals surface area contributed by atoms with Crippen LogP contribution in [0, 0.1) is 0 Å². The van der Waals surface area contributed by atoms with Crippen molar-refractivity contribution in [3.05, 3.63) is 34.4 Å². The molecule has 1 unspecified atom stereocenters. The Morgan fingerprint density at radius 3 is 3.07 bits per heavy atom. The Balaban J connectivity index is 2.17. The van der Waals surface area contributed by atoms with Crippen molar-refractivity contribution < 1.29 is 0 Å². The molecule has 78 valence electrons. The number of rotatable bonds is 1. The number of aromatic nitrogens is 1. The Morgan fingerprint density at radius 2 is 2.27 bits per heavy atom. The van der Waals surface area contributed by atoms with Gasteiger partial charge < -0.3 is 10.3 Å². The molecule has 0 saturated carbocycles. The van der Waals surface area contributed by atoms with Crippen molar-refractivity contribution in [2.24, 2.45) is 0 Å². The maximum atomic E-state index is 3.56. The topological polar surface area (TPSA) is 27.8 Å². The van der Waals surface area contributed by atoms with E-state index in [9.17, 15) is 0 Å². The molecule has 1 aromatic carbocycles. The van der Waals surface area contributed by atoms with Crippen molar-refractivity contribution >= 4 is 26.8 Å². The third-order valence-corrected chi connectivity index (χ3v) is 3.85. The van der Waals surface area contributed by atoms with Crippen LogP contribution in [0.3, 0.4) is 0 Å². The van der Waals surface area contributed by atoms with E-state index in [2.05, 4.69) is 44.4 Å². The first-order chi connectivity index (χ1) is 7.36. The minimum atomic E-state index is 0.666. The monoisotopic (exact) mass is 264 g/mol. The highest BCUT2D eigenvalue weighted by Gasteiger charge is 2.19. The number of para-hydroxylation sites is 1. The number of aromatic amines is 1. The molecule has 1 aliphatic rings. The van der Waals surface area contributed by atoms with Crippen LogP contribution in [0.25, 0.3) is 10.9 Å². The molecular weight excluding hydrogens is 252 g/mol. The van der Waals surface area contributed by atoms with E-state index in [1.54, 1.807) is 0 Å². The summed E-state index contributed by atoms with van der Waals surface area (Å²) in [5.41, 5.74) is 2.74. The normalized spacial score (nSPS) is 21.3. The van der Waals surface area contributed by atoms with Crippen LogP contribution in [0.2, 0.25) is 0 Å². The second-order valence-electron chi connectivity index (χ2n) is 4.10. The molecule has 1 saturated heterocycles. The Hall–Kier alpha value is -0.800. The van der Waals surface area contributed by atoms with E-state index in [1.807, 2.05) is 6.20 Å². The average Bonchev–Trinajstić information content (AvgIpc) is 2.88. The number of nitrogens with one attached hydrogen (secondary N) is 2. The lowest BCUT2D eigenvalue weighted by Gasteiger charge is -2.09. The van der Waals surface area contributed by atoms with E-state index in [1.165, 1.54) is 22.9 Å². The molecule has 0 spiro atoms. The molecule has 2 nitrogen and oxygen atoms in total. The summed E-state index contributed by atoms with van der Waals surface area (Å²) in [6.45, 7) is 2.25. The zero-order valence-corrected chi connectivity index (χ0v) is 9.97. The van der Waals surface area contributed by atoms with Crippen molar-refractivity contribution in [2.45, 2.75) is 12.3 Å². The molecule has 3 heteroatoms. The van der Waals surface area contributed by atoms with Crippen LogP contribution in [-0.4, -0.2) is 18.1 Å². The Kier molecular flexibility index (Phi) is 2.29. The van der Waals surface area contributed by atoms with Gasteiger partial charge in [0.1, 0.15) is 0 Å². The molecule has 0 aliphatic carbocycles. The van der Waals surface area contributed by atoms with Gasteiger partial charge in [-0.1, -0.05) is 18.2 Å². The highest BCUT2D eigenvalue weighted by Crippen LogP contribution is 2.32. The lowest BCUT2D eigenvalue weighted by molar-refractivity contribution is 0.768. The molecule has 15 heavy (non-hydrogen) atoms. The quantitative estimate of drug-likeness (QED) is 0.815. The maximum Gasteiger partial charge on any atom is 0.0501 e. The molecule has 2 N–H and O–H groups in total. The molecule has 1 aromatic heterocycles. The van der Waals surface area contributed by atoms with Gasteiger partial charge in [0.15, 0.2) is 0 Å². The van der Waals surface area contributed by atoms with Gasteiger partial charge in [-0.05, 0) is 40.4 Å². The predicted molar refractivity (Wildman–Crippen MR) is 66.2 cm³/mol. The van der Waals surface area contributed by atoms with Crippen LogP contribution in [-0.2, 0) is 0 Å². The fourth-order valence-corrected chi connectivity index (χ4v) is 2.85. The van der Waals surface area contributed by atoms with E-state index in [4.69, 9.17) is 0 Å². The molecule has 1 atom stereocenters. The number of hydrogen-bond donors (Lipinski definition) is 2. The Bertz CT molecular complexity index is 483. The molecule has 0 radical (unpaired) electrons. The molecule has 2 heterocycles. The van der Waals surface area contributed by atoms with E-state index < -0.39 is 0 Å². The fourth-order valence-electron chi connectivity index (χ4n) is 2.40. The van der Waals surface area contributed by atoms with Crippen molar-refractivity contribution in [3.8, 4) is 0 Å². The van der Waals surface area contributed by atoms with E-state index in [-0.39, 0.29) is 0 Å². The molecule has 0 bridgehead atoms. The minimum absolute atomic E-state index is 0.666. The van der Waals surface area contributed by atoms with Crippen LogP contribution in [0.5, 0.6) is 0 Å². The summed E-state index contributed by atoms with van der Waals surface area (Å²) in [6.07, 6.45) is 3.27. The number of H-pyrrole nitrogens is 1.